The second-order valence-corrected chi connectivity index (χ2v) is 4.20. The summed E-state index contributed by atoms with van der Waals surface area (Å²) in [5.41, 5.74) is 0.881. The zero-order chi connectivity index (χ0) is 13.1. The lowest BCUT2D eigenvalue weighted by molar-refractivity contribution is 0.218. The number of aromatic nitrogens is 1. The first-order valence-corrected chi connectivity index (χ1v) is 5.61. The van der Waals surface area contributed by atoms with E-state index in [1.54, 1.807) is 6.07 Å². The van der Waals surface area contributed by atoms with Gasteiger partial charge in [0.05, 0.1) is 13.3 Å². The summed E-state index contributed by atoms with van der Waals surface area (Å²) in [4.78, 5) is 3.94. The van der Waals surface area contributed by atoms with Gasteiger partial charge in [-0.3, -0.25) is 4.98 Å². The first-order chi connectivity index (χ1) is 8.60. The molecule has 2 rings (SSSR count). The van der Waals surface area contributed by atoms with E-state index in [0.29, 0.717) is 16.9 Å². The molecule has 0 aliphatic heterocycles. The SMILES string of the molecule is COc1cncc(C(O)c2cc(F)cc(Cl)c2)c1. The first-order valence-electron chi connectivity index (χ1n) is 5.23. The van der Waals surface area contributed by atoms with Crippen molar-refractivity contribution in [2.75, 3.05) is 7.11 Å². The van der Waals surface area contributed by atoms with E-state index in [2.05, 4.69) is 4.98 Å². The van der Waals surface area contributed by atoms with Crippen LogP contribution in [0.2, 0.25) is 5.02 Å². The summed E-state index contributed by atoms with van der Waals surface area (Å²) < 4.78 is 18.2. The molecule has 1 aromatic carbocycles. The maximum Gasteiger partial charge on any atom is 0.137 e. The summed E-state index contributed by atoms with van der Waals surface area (Å²) in [6, 6.07) is 5.56. The number of methoxy groups -OCH3 is 1. The Labute approximate surface area is 109 Å². The molecule has 1 aromatic heterocycles. The Morgan fingerprint density at radius 1 is 1.22 bits per heavy atom. The van der Waals surface area contributed by atoms with Gasteiger partial charge >= 0.3 is 0 Å². The zero-order valence-corrected chi connectivity index (χ0v) is 10.4. The molecule has 1 unspecified atom stereocenters. The van der Waals surface area contributed by atoms with E-state index in [0.717, 1.165) is 0 Å². The van der Waals surface area contributed by atoms with Gasteiger partial charge in [0.15, 0.2) is 0 Å². The molecule has 18 heavy (non-hydrogen) atoms. The van der Waals surface area contributed by atoms with Crippen LogP contribution in [-0.4, -0.2) is 17.2 Å². The van der Waals surface area contributed by atoms with E-state index in [9.17, 15) is 9.50 Å². The molecule has 3 nitrogen and oxygen atoms in total. The average Bonchev–Trinajstić information content (AvgIpc) is 2.37. The highest BCUT2D eigenvalue weighted by molar-refractivity contribution is 6.30. The van der Waals surface area contributed by atoms with Crippen molar-refractivity contribution in [1.82, 2.24) is 4.98 Å². The Balaban J connectivity index is 2.37. The van der Waals surface area contributed by atoms with Crippen LogP contribution in [0.3, 0.4) is 0 Å². The van der Waals surface area contributed by atoms with Crippen molar-refractivity contribution in [2.24, 2.45) is 0 Å². The smallest absolute Gasteiger partial charge is 0.137 e. The molecule has 0 fully saturated rings. The van der Waals surface area contributed by atoms with Crippen LogP contribution in [0.25, 0.3) is 0 Å². The fourth-order valence-electron chi connectivity index (χ4n) is 1.62. The molecule has 0 spiro atoms. The monoisotopic (exact) mass is 267 g/mol. The molecule has 0 amide bonds. The van der Waals surface area contributed by atoms with E-state index in [-0.39, 0.29) is 5.02 Å². The molecule has 0 aliphatic carbocycles. The number of halogens is 2. The number of nitrogens with zero attached hydrogens (tertiary/aromatic N) is 1. The van der Waals surface area contributed by atoms with Crippen molar-refractivity contribution in [3.05, 3.63) is 58.6 Å². The van der Waals surface area contributed by atoms with E-state index >= 15 is 0 Å². The van der Waals surface area contributed by atoms with Crippen LogP contribution in [-0.2, 0) is 0 Å². The van der Waals surface area contributed by atoms with Crippen LogP contribution < -0.4 is 4.74 Å². The Kier molecular flexibility index (Phi) is 3.79. The molecule has 1 atom stereocenters. The largest absolute Gasteiger partial charge is 0.495 e. The Morgan fingerprint density at radius 3 is 2.67 bits per heavy atom. The molecule has 5 heteroatoms. The molecule has 0 saturated carbocycles. The van der Waals surface area contributed by atoms with Gasteiger partial charge in [-0.25, -0.2) is 4.39 Å². The molecule has 2 aromatic rings. The van der Waals surface area contributed by atoms with Crippen molar-refractivity contribution in [3.63, 3.8) is 0 Å². The summed E-state index contributed by atoms with van der Waals surface area (Å²) in [5, 5.41) is 10.4. The van der Waals surface area contributed by atoms with Crippen LogP contribution >= 0.6 is 11.6 Å². The summed E-state index contributed by atoms with van der Waals surface area (Å²) in [6.45, 7) is 0. The number of rotatable bonds is 3. The van der Waals surface area contributed by atoms with E-state index in [4.69, 9.17) is 16.3 Å². The molecular weight excluding hydrogens is 257 g/mol. The summed E-state index contributed by atoms with van der Waals surface area (Å²) in [5.74, 6) is 0.0291. The molecule has 1 N–H and O–H groups in total. The highest BCUT2D eigenvalue weighted by Crippen LogP contribution is 2.26. The molecule has 94 valence electrons. The van der Waals surface area contributed by atoms with Gasteiger partial charge in [0.25, 0.3) is 0 Å². The fraction of sp³-hybridized carbons (Fsp3) is 0.154. The molecule has 0 saturated heterocycles. The molecule has 0 bridgehead atoms. The number of pyridine rings is 1. The van der Waals surface area contributed by atoms with Crippen LogP contribution in [0.4, 0.5) is 4.39 Å². The highest BCUT2D eigenvalue weighted by atomic mass is 35.5. The van der Waals surface area contributed by atoms with Crippen LogP contribution in [0.15, 0.2) is 36.7 Å². The molecule has 0 radical (unpaired) electrons. The number of aliphatic hydroxyl groups is 1. The minimum absolute atomic E-state index is 0.236. The van der Waals surface area contributed by atoms with Crippen molar-refractivity contribution >= 4 is 11.6 Å². The third-order valence-electron chi connectivity index (χ3n) is 2.49. The Hall–Kier alpha value is -1.65. The number of benzene rings is 1. The summed E-state index contributed by atoms with van der Waals surface area (Å²) in [7, 11) is 1.51. The topological polar surface area (TPSA) is 42.4 Å². The van der Waals surface area contributed by atoms with Crippen molar-refractivity contribution < 1.29 is 14.2 Å². The number of hydrogen-bond acceptors (Lipinski definition) is 3. The van der Waals surface area contributed by atoms with Crippen LogP contribution in [0.1, 0.15) is 17.2 Å². The number of hydrogen-bond donors (Lipinski definition) is 1. The highest BCUT2D eigenvalue weighted by Gasteiger charge is 2.13. The lowest BCUT2D eigenvalue weighted by Gasteiger charge is -2.12. The first kappa shape index (κ1) is 12.8. The second kappa shape index (κ2) is 5.33. The van der Waals surface area contributed by atoms with Crippen molar-refractivity contribution in [3.8, 4) is 5.75 Å². The maximum atomic E-state index is 13.2. The van der Waals surface area contributed by atoms with Gasteiger partial charge in [-0.05, 0) is 29.8 Å². The van der Waals surface area contributed by atoms with Gasteiger partial charge in [0, 0.05) is 16.8 Å². The van der Waals surface area contributed by atoms with Gasteiger partial charge in [0.1, 0.15) is 17.7 Å². The number of aliphatic hydroxyl groups excluding tert-OH is 1. The minimum Gasteiger partial charge on any atom is -0.495 e. The van der Waals surface area contributed by atoms with Gasteiger partial charge in [0.2, 0.25) is 0 Å². The summed E-state index contributed by atoms with van der Waals surface area (Å²) in [6.07, 6.45) is 2.02. The quantitative estimate of drug-likeness (QED) is 0.930. The summed E-state index contributed by atoms with van der Waals surface area (Å²) >= 11 is 5.75. The van der Waals surface area contributed by atoms with E-state index < -0.39 is 11.9 Å². The van der Waals surface area contributed by atoms with Crippen molar-refractivity contribution in [1.29, 1.82) is 0 Å². The van der Waals surface area contributed by atoms with Gasteiger partial charge in [-0.15, -0.1) is 0 Å². The average molecular weight is 268 g/mol. The molecular formula is C13H11ClFNO2. The number of ether oxygens (including phenoxy) is 1. The van der Waals surface area contributed by atoms with E-state index in [1.165, 1.54) is 37.7 Å². The van der Waals surface area contributed by atoms with Gasteiger partial charge in [-0.1, -0.05) is 11.6 Å². The molecule has 0 aliphatic rings. The Morgan fingerprint density at radius 2 is 2.00 bits per heavy atom. The lowest BCUT2D eigenvalue weighted by Crippen LogP contribution is -2.01. The van der Waals surface area contributed by atoms with Gasteiger partial charge in [-0.2, -0.15) is 0 Å². The molecule has 1 heterocycles. The van der Waals surface area contributed by atoms with Gasteiger partial charge < -0.3 is 9.84 Å². The Bertz CT molecular complexity index is 542. The van der Waals surface area contributed by atoms with E-state index in [1.807, 2.05) is 0 Å². The normalized spacial score (nSPS) is 12.2. The van der Waals surface area contributed by atoms with Crippen LogP contribution in [0.5, 0.6) is 5.75 Å². The third-order valence-corrected chi connectivity index (χ3v) is 2.70. The predicted octanol–water partition coefficient (Wildman–Crippen LogP) is 2.96. The maximum absolute atomic E-state index is 13.2. The second-order valence-electron chi connectivity index (χ2n) is 3.76. The van der Waals surface area contributed by atoms with Crippen LogP contribution in [0, 0.1) is 5.82 Å². The third kappa shape index (κ3) is 2.78. The predicted molar refractivity (Wildman–Crippen MR) is 66.3 cm³/mol. The minimum atomic E-state index is -0.999. The van der Waals surface area contributed by atoms with Crippen molar-refractivity contribution in [2.45, 2.75) is 6.10 Å². The lowest BCUT2D eigenvalue weighted by atomic mass is 10.0. The fourth-order valence-corrected chi connectivity index (χ4v) is 1.85. The zero-order valence-electron chi connectivity index (χ0n) is 9.60. The standard InChI is InChI=1S/C13H11ClFNO2/c1-18-12-4-9(6-16-7-12)13(17)8-2-10(14)5-11(15)3-8/h2-7,13,17H,1H3.